The highest BCUT2D eigenvalue weighted by molar-refractivity contribution is 6.38. The average Bonchev–Trinajstić information content (AvgIpc) is 3.68. The molecule has 5 atom stereocenters. The molecular weight excluding hydrogens is 550 g/mol. The van der Waals surface area contributed by atoms with E-state index in [4.69, 9.17) is 0 Å². The maximum Gasteiger partial charge on any atom is 0.316 e. The summed E-state index contributed by atoms with van der Waals surface area (Å²) in [6, 6.07) is -4.18. The second-order valence-corrected chi connectivity index (χ2v) is 13.7. The molecule has 11 heteroatoms. The first kappa shape index (κ1) is 36.0. The van der Waals surface area contributed by atoms with Crippen LogP contribution in [0, 0.1) is 29.1 Å². The second kappa shape index (κ2) is 15.5. The SMILES string of the molecule is C=CCNC(=O)C(=O)C(CCC)NC(=O)[C@@H]1[C@@H](C(C)C)CCN1C(=O)[C@@H](NC(=O)N[C@H](C(=O)C1CC1)C(C)C)C(C)(C)C. The van der Waals surface area contributed by atoms with Gasteiger partial charge in [0.05, 0.1) is 12.1 Å². The van der Waals surface area contributed by atoms with Gasteiger partial charge in [-0.05, 0) is 48.9 Å². The molecule has 11 nitrogen and oxygen atoms in total. The van der Waals surface area contributed by atoms with E-state index in [1.807, 2.05) is 55.4 Å². The van der Waals surface area contributed by atoms with Gasteiger partial charge < -0.3 is 26.2 Å². The van der Waals surface area contributed by atoms with Crippen LogP contribution in [0.25, 0.3) is 0 Å². The molecule has 1 saturated heterocycles. The molecule has 1 heterocycles. The number of likely N-dealkylation sites (tertiary alicyclic amines) is 1. The number of hydrogen-bond donors (Lipinski definition) is 4. The van der Waals surface area contributed by atoms with Gasteiger partial charge in [0.25, 0.3) is 5.91 Å². The Morgan fingerprint density at radius 3 is 2.07 bits per heavy atom. The van der Waals surface area contributed by atoms with E-state index in [0.29, 0.717) is 19.4 Å². The zero-order valence-electron chi connectivity index (χ0n) is 27.2. The van der Waals surface area contributed by atoms with Crippen molar-refractivity contribution in [2.75, 3.05) is 13.1 Å². The van der Waals surface area contributed by atoms with Crippen molar-refractivity contribution >= 4 is 35.3 Å². The van der Waals surface area contributed by atoms with Gasteiger partial charge in [0.2, 0.25) is 17.6 Å². The molecule has 2 aliphatic rings. The summed E-state index contributed by atoms with van der Waals surface area (Å²) in [6.07, 6.45) is 4.51. The van der Waals surface area contributed by atoms with Crippen molar-refractivity contribution in [2.24, 2.45) is 29.1 Å². The molecule has 2 fully saturated rings. The number of nitrogens with zero attached hydrogens (tertiary/aromatic N) is 1. The predicted molar refractivity (Wildman–Crippen MR) is 165 cm³/mol. The number of rotatable bonds is 15. The van der Waals surface area contributed by atoms with Crippen LogP contribution in [0.3, 0.4) is 0 Å². The maximum absolute atomic E-state index is 14.2. The van der Waals surface area contributed by atoms with Crippen molar-refractivity contribution in [3.8, 4) is 0 Å². The zero-order valence-corrected chi connectivity index (χ0v) is 27.2. The fourth-order valence-electron chi connectivity index (χ4n) is 5.64. The van der Waals surface area contributed by atoms with Crippen LogP contribution in [0.2, 0.25) is 0 Å². The Bertz CT molecular complexity index is 1060. The van der Waals surface area contributed by atoms with Gasteiger partial charge >= 0.3 is 6.03 Å². The molecule has 0 aromatic carbocycles. The Balaban J connectivity index is 2.29. The highest BCUT2D eigenvalue weighted by atomic mass is 16.2. The van der Waals surface area contributed by atoms with Crippen LogP contribution in [0.15, 0.2) is 12.7 Å². The third kappa shape index (κ3) is 9.63. The minimum absolute atomic E-state index is 0.00851. The van der Waals surface area contributed by atoms with Crippen molar-refractivity contribution in [3.63, 3.8) is 0 Å². The summed E-state index contributed by atoms with van der Waals surface area (Å²) >= 11 is 0. The minimum Gasteiger partial charge on any atom is -0.346 e. The highest BCUT2D eigenvalue weighted by Gasteiger charge is 2.48. The Morgan fingerprint density at radius 2 is 1.58 bits per heavy atom. The number of carbonyl (C=O) groups is 6. The lowest BCUT2D eigenvalue weighted by molar-refractivity contribution is -0.144. The van der Waals surface area contributed by atoms with Gasteiger partial charge in [0.1, 0.15) is 12.1 Å². The van der Waals surface area contributed by atoms with E-state index >= 15 is 0 Å². The van der Waals surface area contributed by atoms with Gasteiger partial charge in [-0.15, -0.1) is 6.58 Å². The molecule has 242 valence electrons. The zero-order chi connectivity index (χ0) is 32.6. The molecule has 1 aliphatic heterocycles. The van der Waals surface area contributed by atoms with Crippen LogP contribution in [-0.4, -0.2) is 77.5 Å². The molecule has 5 amide bonds. The quantitative estimate of drug-likeness (QED) is 0.167. The number of ketones is 2. The molecule has 2 rings (SSSR count). The molecule has 0 spiro atoms. The van der Waals surface area contributed by atoms with Gasteiger partial charge in [0, 0.05) is 19.0 Å². The number of urea groups is 1. The Labute approximate surface area is 256 Å². The minimum atomic E-state index is -1.04. The first-order valence-corrected chi connectivity index (χ1v) is 15.7. The molecule has 1 saturated carbocycles. The monoisotopic (exact) mass is 603 g/mol. The van der Waals surface area contributed by atoms with Gasteiger partial charge in [-0.2, -0.15) is 0 Å². The Kier molecular flexibility index (Phi) is 12.9. The van der Waals surface area contributed by atoms with E-state index in [9.17, 15) is 28.8 Å². The third-order valence-corrected chi connectivity index (χ3v) is 8.32. The average molecular weight is 604 g/mol. The van der Waals surface area contributed by atoms with Gasteiger partial charge in [-0.3, -0.25) is 24.0 Å². The standard InChI is InChI=1S/C32H53N5O6/c1-10-12-22(26(39)29(41)33-16-11-2)34-28(40)24-21(18(3)4)15-17-37(24)30(42)27(32(7,8)9)36-31(43)35-23(19(5)6)25(38)20-13-14-20/h11,18-24,27H,2,10,12-17H2,1,3-9H3,(H,33,41)(H,34,40)(H2,35,36,43)/t21-,22?,23+,24+,27-/m1/s1. The fourth-order valence-corrected chi connectivity index (χ4v) is 5.64. The normalized spacial score (nSPS) is 20.7. The van der Waals surface area contributed by atoms with E-state index in [2.05, 4.69) is 27.8 Å². The van der Waals surface area contributed by atoms with Crippen LogP contribution in [-0.2, 0) is 24.0 Å². The number of nitrogens with one attached hydrogen (secondary N) is 4. The summed E-state index contributed by atoms with van der Waals surface area (Å²) in [5.74, 6) is -2.74. The lowest BCUT2D eigenvalue weighted by atomic mass is 9.84. The van der Waals surface area contributed by atoms with Crippen molar-refractivity contribution in [3.05, 3.63) is 12.7 Å². The first-order valence-electron chi connectivity index (χ1n) is 15.7. The van der Waals surface area contributed by atoms with Gasteiger partial charge in [-0.25, -0.2) is 4.79 Å². The van der Waals surface area contributed by atoms with Crippen molar-refractivity contribution in [1.82, 2.24) is 26.2 Å². The van der Waals surface area contributed by atoms with Gasteiger partial charge in [-0.1, -0.05) is 67.9 Å². The lowest BCUT2D eigenvalue weighted by Gasteiger charge is -2.37. The fraction of sp³-hybridized carbons (Fsp3) is 0.750. The predicted octanol–water partition coefficient (Wildman–Crippen LogP) is 2.73. The van der Waals surface area contributed by atoms with Crippen molar-refractivity contribution in [2.45, 2.75) is 112 Å². The number of carbonyl (C=O) groups excluding carboxylic acids is 6. The van der Waals surface area contributed by atoms with E-state index in [1.54, 1.807) is 0 Å². The molecule has 1 unspecified atom stereocenters. The van der Waals surface area contributed by atoms with Crippen LogP contribution in [0.4, 0.5) is 4.79 Å². The molecule has 1 aliphatic carbocycles. The summed E-state index contributed by atoms with van der Waals surface area (Å²) in [5.41, 5.74) is -0.719. The second-order valence-electron chi connectivity index (χ2n) is 13.7. The van der Waals surface area contributed by atoms with Crippen LogP contribution < -0.4 is 21.3 Å². The summed E-state index contributed by atoms with van der Waals surface area (Å²) in [4.78, 5) is 80.7. The lowest BCUT2D eigenvalue weighted by Crippen LogP contribution is -2.62. The summed E-state index contributed by atoms with van der Waals surface area (Å²) in [5, 5.41) is 10.8. The topological polar surface area (TPSA) is 154 Å². The van der Waals surface area contributed by atoms with Gasteiger partial charge in [0.15, 0.2) is 5.78 Å². The molecule has 0 aromatic rings. The molecule has 0 radical (unpaired) electrons. The highest BCUT2D eigenvalue weighted by Crippen LogP contribution is 2.34. The largest absolute Gasteiger partial charge is 0.346 e. The van der Waals surface area contributed by atoms with E-state index in [-0.39, 0.29) is 42.4 Å². The number of hydrogen-bond acceptors (Lipinski definition) is 6. The van der Waals surface area contributed by atoms with E-state index in [0.717, 1.165) is 12.8 Å². The smallest absolute Gasteiger partial charge is 0.316 e. The molecule has 0 bridgehead atoms. The first-order chi connectivity index (χ1) is 20.0. The number of Topliss-reactive ketones (excluding diaryl/α,β-unsaturated/α-hetero) is 2. The Morgan fingerprint density at radius 1 is 0.953 bits per heavy atom. The summed E-state index contributed by atoms with van der Waals surface area (Å²) < 4.78 is 0. The Hall–Kier alpha value is -3.24. The van der Waals surface area contributed by atoms with E-state index < -0.39 is 59.1 Å². The third-order valence-electron chi connectivity index (χ3n) is 8.32. The van der Waals surface area contributed by atoms with Crippen molar-refractivity contribution < 1.29 is 28.8 Å². The molecule has 43 heavy (non-hydrogen) atoms. The van der Waals surface area contributed by atoms with Crippen molar-refractivity contribution in [1.29, 1.82) is 0 Å². The molecule has 4 N–H and O–H groups in total. The summed E-state index contributed by atoms with van der Waals surface area (Å²) in [7, 11) is 0. The molecular formula is C32H53N5O6. The molecule has 0 aromatic heterocycles. The van der Waals surface area contributed by atoms with Crippen LogP contribution >= 0.6 is 0 Å². The summed E-state index contributed by atoms with van der Waals surface area (Å²) in [6.45, 7) is 19.0. The number of amides is 5. The maximum atomic E-state index is 14.2. The van der Waals surface area contributed by atoms with Crippen LogP contribution in [0.1, 0.15) is 87.5 Å². The van der Waals surface area contributed by atoms with E-state index in [1.165, 1.54) is 11.0 Å². The van der Waals surface area contributed by atoms with Crippen LogP contribution in [0.5, 0.6) is 0 Å².